The monoisotopic (exact) mass is 1870 g/mol. The molecule has 0 aromatic heterocycles. The molecule has 0 saturated carbocycles. The third kappa shape index (κ3) is 43.7. The van der Waals surface area contributed by atoms with Crippen LogP contribution < -0.4 is 126 Å². The summed E-state index contributed by atoms with van der Waals surface area (Å²) in [7, 11) is 0. The lowest BCUT2D eigenvalue weighted by atomic mass is 10.0. The summed E-state index contributed by atoms with van der Waals surface area (Å²) in [4.78, 5) is 235. The normalized spacial score (nSPS) is 14.7. The number of carboxylic acids is 1. The van der Waals surface area contributed by atoms with Crippen molar-refractivity contribution in [1.82, 2.24) is 84.7 Å². The summed E-state index contributed by atoms with van der Waals surface area (Å²) in [6.45, 7) is 1.14. The van der Waals surface area contributed by atoms with Gasteiger partial charge < -0.3 is 146 Å². The van der Waals surface area contributed by atoms with Gasteiger partial charge in [-0.1, -0.05) is 86.6 Å². The Morgan fingerprint density at radius 2 is 0.780 bits per heavy atom. The molecule has 132 heavy (non-hydrogen) atoms. The van der Waals surface area contributed by atoms with Crippen LogP contribution in [-0.4, -0.2) is 283 Å². The van der Waals surface area contributed by atoms with E-state index < -0.39 is 211 Å². The average molecular weight is 1870 g/mol. The Morgan fingerprint density at radius 3 is 1.23 bits per heavy atom. The van der Waals surface area contributed by atoms with Gasteiger partial charge in [-0.3, -0.25) is 86.9 Å². The van der Waals surface area contributed by atoms with E-state index in [1.165, 1.54) is 53.4 Å². The largest absolute Gasteiger partial charge is 0.508 e. The van der Waals surface area contributed by atoms with Gasteiger partial charge in [-0.05, 0) is 195 Å². The van der Waals surface area contributed by atoms with Crippen LogP contribution in [0.1, 0.15) is 153 Å². The number of phenolic OH excluding ortho intramolecular Hbond substituents is 2. The number of benzene rings is 3. The molecule has 45 nitrogen and oxygen atoms in total. The second kappa shape index (κ2) is 62.2. The highest BCUT2D eigenvalue weighted by Crippen LogP contribution is 2.21. The van der Waals surface area contributed by atoms with Crippen molar-refractivity contribution >= 4 is 117 Å². The molecule has 0 unspecified atom stereocenters. The zero-order chi connectivity index (χ0) is 97.6. The van der Waals surface area contributed by atoms with E-state index in [1.54, 1.807) is 44.2 Å². The molecule has 15 amide bonds. The molecule has 12 atom stereocenters. The summed E-state index contributed by atoms with van der Waals surface area (Å²) in [5.41, 5.74) is 48.4. The molecule has 3 aromatic carbocycles. The van der Waals surface area contributed by atoms with E-state index in [0.717, 1.165) is 0 Å². The highest BCUT2D eigenvalue weighted by Gasteiger charge is 2.40. The van der Waals surface area contributed by atoms with E-state index in [4.69, 9.17) is 56.4 Å². The van der Waals surface area contributed by atoms with Crippen molar-refractivity contribution in [3.05, 3.63) is 95.6 Å². The van der Waals surface area contributed by atoms with Crippen LogP contribution in [-0.2, 0) is 101 Å². The highest BCUT2D eigenvalue weighted by atomic mass is 32.2. The first-order chi connectivity index (χ1) is 63.0. The number of amides is 15. The van der Waals surface area contributed by atoms with Gasteiger partial charge >= 0.3 is 5.97 Å². The Bertz CT molecular complexity index is 4240. The van der Waals surface area contributed by atoms with E-state index in [1.807, 2.05) is 0 Å². The average Bonchev–Trinajstić information content (AvgIpc) is 1.59. The maximum Gasteiger partial charge on any atom is 0.322 e. The summed E-state index contributed by atoms with van der Waals surface area (Å²) >= 11 is 0.600. The number of guanidine groups is 1. The van der Waals surface area contributed by atoms with Crippen LogP contribution in [0.3, 0.4) is 0 Å². The third-order valence-electron chi connectivity index (χ3n) is 21.2. The number of nitrogens with zero attached hydrogens (tertiary/aromatic N) is 1. The van der Waals surface area contributed by atoms with Crippen molar-refractivity contribution < 1.29 is 96.8 Å². The van der Waals surface area contributed by atoms with E-state index in [9.17, 15) is 91.7 Å². The lowest BCUT2D eigenvalue weighted by Crippen LogP contribution is -2.60. The van der Waals surface area contributed by atoms with Crippen LogP contribution in [0, 0.1) is 11.3 Å². The summed E-state index contributed by atoms with van der Waals surface area (Å²) in [6, 6.07) is 4.25. The number of unbranched alkanes of at least 4 members (excludes halogenated alkanes) is 5. The van der Waals surface area contributed by atoms with Crippen LogP contribution in [0.15, 0.2) is 78.9 Å². The Morgan fingerprint density at radius 1 is 0.402 bits per heavy atom. The fraction of sp³-hybridized carbons (Fsp3) is 0.581. The first-order valence-electron chi connectivity index (χ1n) is 44.5. The molecule has 0 radical (unpaired) electrons. The number of aromatic hydroxyl groups is 2. The quantitative estimate of drug-likeness (QED) is 0.0142. The van der Waals surface area contributed by atoms with Crippen molar-refractivity contribution in [3.63, 3.8) is 0 Å². The Hall–Kier alpha value is -12.2. The van der Waals surface area contributed by atoms with Crippen molar-refractivity contribution in [2.75, 3.05) is 84.3 Å². The van der Waals surface area contributed by atoms with Crippen LogP contribution in [0.5, 0.6) is 11.5 Å². The van der Waals surface area contributed by atoms with Gasteiger partial charge in [0.15, 0.2) is 5.96 Å². The molecule has 3 aromatic rings. The molecule has 1 saturated heterocycles. The first kappa shape index (κ1) is 112. The van der Waals surface area contributed by atoms with Crippen molar-refractivity contribution in [2.24, 2.45) is 51.8 Å². The zero-order valence-electron chi connectivity index (χ0n) is 75.0. The predicted octanol–water partition coefficient (Wildman–Crippen LogP) is -6.38. The fourth-order valence-corrected chi connectivity index (χ4v) is 14.6. The number of carbonyl (C=O) groups is 17. The molecule has 1 aliphatic rings. The summed E-state index contributed by atoms with van der Waals surface area (Å²) in [5, 5.41) is 74.6. The van der Waals surface area contributed by atoms with Crippen molar-refractivity contribution in [1.29, 1.82) is 5.41 Å². The molecule has 35 N–H and O–H groups in total. The van der Waals surface area contributed by atoms with Crippen LogP contribution in [0.2, 0.25) is 0 Å². The number of carboxylic acid groups (broad SMARTS) is 1. The Labute approximate surface area is 771 Å². The van der Waals surface area contributed by atoms with Gasteiger partial charge in [-0.15, -0.1) is 0 Å². The number of carbonyl (C=O) groups excluding carboxylic acids is 16. The summed E-state index contributed by atoms with van der Waals surface area (Å²) in [5.74, 6) is -15.1. The van der Waals surface area contributed by atoms with Gasteiger partial charge in [0.1, 0.15) is 78.5 Å². The second-order valence-corrected chi connectivity index (χ2v) is 33.3. The number of nitrogens with two attached hydrogens (primary N) is 8. The number of rotatable bonds is 64. The number of aliphatic carboxylic acids is 1. The Kier molecular flexibility index (Phi) is 52.8. The number of phenols is 2. The maximum absolute atomic E-state index is 14.7. The third-order valence-corrected chi connectivity index (χ3v) is 22.3. The zero-order valence-corrected chi connectivity index (χ0v) is 75.8. The van der Waals surface area contributed by atoms with E-state index >= 15 is 0 Å². The molecule has 0 bridgehead atoms. The standard InChI is InChI=1S/C86H137N25O20S/c1-51(2)73(84(130)100-45-68(114)97-49-72(118)119)110-81(127)62(24-10-15-39-91)106-80(126)63(25-16-40-96-86(94)95)107-78(124)60(22-8-13-37-89)104-77(123)59(21-7-12-36-88)105-79(125)61(23-9-14-38-90)108-83(129)67-26-17-41-111(67)71(117)48-101-76(122)64(42-53-27-31-55(112)32-28-53)102-69(115)47-99-75(121)58(93)50-132-85(131)66(44-52-18-4-3-5-19-52)109-82(128)65(43-54-29-33-56(113)34-30-54)103-70(116)46-98-74(120)57(92)20-6-11-35-87/h3-5,18-19,27-34,51,57-67,73,112-113H,6-17,20-26,35-50,87-93H2,1-2H3,(H,97,114)(H,98,120)(H,99,121)(H,100,130)(H,101,122)(H,102,115)(H,103,116)(H,104,123)(H,105,125)(H,106,126)(H,107,124)(H,108,129)(H,109,128)(H,110,127)(H,118,119)(H4,94,95,96)/t57-,58-,59-,60-,61-,62-,63-,64-,65-,66-,67-,73-/m0/s1. The number of thioether (sulfide) groups is 1. The van der Waals surface area contributed by atoms with Crippen molar-refractivity contribution in [3.8, 4) is 11.5 Å². The highest BCUT2D eigenvalue weighted by molar-refractivity contribution is 8.13. The van der Waals surface area contributed by atoms with E-state index in [0.29, 0.717) is 99.2 Å². The summed E-state index contributed by atoms with van der Waals surface area (Å²) < 4.78 is 0. The fourth-order valence-electron chi connectivity index (χ4n) is 13.8. The molecule has 1 fully saturated rings. The van der Waals surface area contributed by atoms with Gasteiger partial charge in [-0.25, -0.2) is 0 Å². The van der Waals surface area contributed by atoms with Gasteiger partial charge in [0.05, 0.1) is 38.3 Å². The SMILES string of the molecule is CC(C)[C@H](NC(=O)[C@H](CCCCN)NC(=O)[C@H](CCCNC(=N)N)NC(=O)[C@H](CCCCN)NC(=O)[C@H](CCCCN)NC(=O)[C@H](CCCCN)NC(=O)[C@@H]1CCCN1C(=O)CNC(=O)[C@H](Cc1ccc(O)cc1)NC(=O)CNC(=O)[C@@H](N)CSC(=O)[C@H](Cc1ccccc1)NC(=O)[C@H](Cc1ccc(O)cc1)NC(=O)CNC(=O)[C@@H](N)CCCCN)C(=O)NCC(=O)NCC(=O)O. The summed E-state index contributed by atoms with van der Waals surface area (Å²) in [6.07, 6.45) is 4.13. The maximum atomic E-state index is 14.7. The minimum absolute atomic E-state index is 0.00334. The van der Waals surface area contributed by atoms with E-state index in [-0.39, 0.29) is 140 Å². The molecule has 732 valence electrons. The molecule has 46 heteroatoms. The minimum Gasteiger partial charge on any atom is -0.508 e. The molecule has 1 aliphatic heterocycles. The molecule has 4 rings (SSSR count). The Balaban J connectivity index is 1.49. The topological polar surface area (TPSA) is 767 Å². The molecular weight excluding hydrogens is 1740 g/mol. The van der Waals surface area contributed by atoms with Crippen LogP contribution in [0.4, 0.5) is 0 Å². The number of hydrogen-bond acceptors (Lipinski definition) is 28. The van der Waals surface area contributed by atoms with Gasteiger partial charge in [0, 0.05) is 38.1 Å². The van der Waals surface area contributed by atoms with Crippen molar-refractivity contribution in [2.45, 2.75) is 228 Å². The lowest BCUT2D eigenvalue weighted by molar-refractivity contribution is -0.140. The number of nitrogens with one attached hydrogen (secondary N) is 16. The molecule has 0 aliphatic carbocycles. The lowest BCUT2D eigenvalue weighted by Gasteiger charge is -2.29. The number of likely N-dealkylation sites (tertiary alicyclic amines) is 1. The minimum atomic E-state index is -1.45. The van der Waals surface area contributed by atoms with Crippen LogP contribution in [0.25, 0.3) is 0 Å². The number of hydrogen-bond donors (Lipinski definition) is 27. The second-order valence-electron chi connectivity index (χ2n) is 32.3. The van der Waals surface area contributed by atoms with Crippen LogP contribution >= 0.6 is 11.8 Å². The molecular formula is C86H137N25O20S. The first-order valence-corrected chi connectivity index (χ1v) is 45.5. The van der Waals surface area contributed by atoms with E-state index in [2.05, 4.69) is 79.8 Å². The molecule has 0 spiro atoms. The van der Waals surface area contributed by atoms with Gasteiger partial charge in [-0.2, -0.15) is 0 Å². The van der Waals surface area contributed by atoms with Gasteiger partial charge in [0.25, 0.3) is 0 Å². The predicted molar refractivity (Wildman–Crippen MR) is 490 cm³/mol. The van der Waals surface area contributed by atoms with Gasteiger partial charge in [0.2, 0.25) is 93.7 Å². The molecule has 1 heterocycles. The smallest absolute Gasteiger partial charge is 0.322 e.